The Labute approximate surface area is 97.2 Å². The summed E-state index contributed by atoms with van der Waals surface area (Å²) < 4.78 is 15.2. The highest BCUT2D eigenvalue weighted by Crippen LogP contribution is 2.14. The number of nitrogens with zero attached hydrogens (tertiary/aromatic N) is 2. The number of aromatic nitrogens is 1. The monoisotopic (exact) mass is 244 g/mol. The van der Waals surface area contributed by atoms with Crippen LogP contribution < -0.4 is 0 Å². The third-order valence-corrected chi connectivity index (χ3v) is 3.25. The van der Waals surface area contributed by atoms with E-state index in [9.17, 15) is 4.21 Å². The third kappa shape index (κ3) is 3.72. The quantitative estimate of drug-likeness (QED) is 0.751. The Bertz CT molecular complexity index is 399. The van der Waals surface area contributed by atoms with Crippen LogP contribution in [0.25, 0.3) is 0 Å². The molecular weight excluding hydrogens is 232 g/mol. The molecule has 1 aromatic rings. The third-order valence-electron chi connectivity index (χ3n) is 1.58. The van der Waals surface area contributed by atoms with Crippen molar-refractivity contribution >= 4 is 28.8 Å². The van der Waals surface area contributed by atoms with Crippen molar-refractivity contribution in [2.24, 2.45) is 4.40 Å². The average Bonchev–Trinajstić information content (AvgIpc) is 2.14. The molecule has 1 atom stereocenters. The van der Waals surface area contributed by atoms with Crippen LogP contribution in [0.2, 0.25) is 5.02 Å². The number of pyridine rings is 1. The fraction of sp³-hybridized carbons (Fsp3) is 0.400. The minimum absolute atomic E-state index is 0.363. The lowest BCUT2D eigenvalue weighted by Crippen LogP contribution is -2.19. The summed E-state index contributed by atoms with van der Waals surface area (Å²) in [4.78, 5) is 4.02. The van der Waals surface area contributed by atoms with Crippen LogP contribution in [-0.2, 0) is 11.0 Å². The van der Waals surface area contributed by atoms with E-state index in [1.807, 2.05) is 20.8 Å². The maximum absolute atomic E-state index is 11.6. The van der Waals surface area contributed by atoms with E-state index < -0.39 is 11.0 Å². The van der Waals surface area contributed by atoms with Crippen LogP contribution >= 0.6 is 11.6 Å². The fourth-order valence-electron chi connectivity index (χ4n) is 0.749. The molecular formula is C10H13ClN2OS. The van der Waals surface area contributed by atoms with Crippen LogP contribution in [0.5, 0.6) is 0 Å². The molecule has 1 aromatic heterocycles. The van der Waals surface area contributed by atoms with Crippen LogP contribution in [0.1, 0.15) is 26.5 Å². The molecule has 5 heteroatoms. The van der Waals surface area contributed by atoms with E-state index in [4.69, 9.17) is 11.6 Å². The zero-order valence-electron chi connectivity index (χ0n) is 8.90. The van der Waals surface area contributed by atoms with Gasteiger partial charge in [-0.25, -0.2) is 4.21 Å². The van der Waals surface area contributed by atoms with E-state index in [1.54, 1.807) is 18.3 Å². The van der Waals surface area contributed by atoms with E-state index in [1.165, 1.54) is 6.21 Å². The minimum Gasteiger partial charge on any atom is -0.254 e. The van der Waals surface area contributed by atoms with Gasteiger partial charge in [0.1, 0.15) is 16.7 Å². The highest BCUT2D eigenvalue weighted by Gasteiger charge is 2.18. The van der Waals surface area contributed by atoms with Crippen molar-refractivity contribution in [1.29, 1.82) is 0 Å². The van der Waals surface area contributed by atoms with Gasteiger partial charge in [-0.3, -0.25) is 4.98 Å². The van der Waals surface area contributed by atoms with E-state index in [-0.39, 0.29) is 4.75 Å². The number of hydrogen-bond donors (Lipinski definition) is 0. The normalized spacial score (nSPS) is 14.4. The number of rotatable bonds is 2. The molecule has 82 valence electrons. The molecule has 0 saturated carbocycles. The van der Waals surface area contributed by atoms with Crippen LogP contribution in [0, 0.1) is 0 Å². The summed E-state index contributed by atoms with van der Waals surface area (Å²) in [6.45, 7) is 5.58. The Kier molecular flexibility index (Phi) is 3.99. The predicted octanol–water partition coefficient (Wildman–Crippen LogP) is 2.62. The van der Waals surface area contributed by atoms with Gasteiger partial charge in [0.2, 0.25) is 0 Å². The maximum Gasteiger partial charge on any atom is 0.144 e. The van der Waals surface area contributed by atoms with Crippen LogP contribution in [0.15, 0.2) is 22.7 Å². The van der Waals surface area contributed by atoms with E-state index in [0.29, 0.717) is 10.7 Å². The van der Waals surface area contributed by atoms with Crippen LogP contribution in [0.3, 0.4) is 0 Å². The van der Waals surface area contributed by atoms with Crippen LogP contribution in [-0.4, -0.2) is 20.2 Å². The summed E-state index contributed by atoms with van der Waals surface area (Å²) in [5.74, 6) is 0. The standard InChI is InChI=1S/C10H13ClN2OS/c1-10(2,3)15(14)13-7-9-8(11)5-4-6-12-9/h4-7H,1-3H3/b13-7+. The topological polar surface area (TPSA) is 42.3 Å². The van der Waals surface area contributed by atoms with Gasteiger partial charge < -0.3 is 0 Å². The molecule has 0 aliphatic rings. The van der Waals surface area contributed by atoms with Gasteiger partial charge in [0.05, 0.1) is 16.0 Å². The van der Waals surface area contributed by atoms with Crippen molar-refractivity contribution in [1.82, 2.24) is 4.98 Å². The Morgan fingerprint density at radius 3 is 2.73 bits per heavy atom. The Morgan fingerprint density at radius 1 is 1.53 bits per heavy atom. The molecule has 0 N–H and O–H groups in total. The van der Waals surface area contributed by atoms with Crippen LogP contribution in [0.4, 0.5) is 0 Å². The molecule has 0 saturated heterocycles. The summed E-state index contributed by atoms with van der Waals surface area (Å²) in [6, 6.07) is 3.45. The minimum atomic E-state index is -1.28. The van der Waals surface area contributed by atoms with Gasteiger partial charge in [0.25, 0.3) is 0 Å². The Morgan fingerprint density at radius 2 is 2.20 bits per heavy atom. The SMILES string of the molecule is CC(C)(C)S(=O)/N=C/c1ncccc1Cl. The number of halogens is 1. The lowest BCUT2D eigenvalue weighted by Gasteiger charge is -2.12. The van der Waals surface area contributed by atoms with Gasteiger partial charge >= 0.3 is 0 Å². The highest BCUT2D eigenvalue weighted by atomic mass is 35.5. The van der Waals surface area contributed by atoms with Crippen molar-refractivity contribution in [3.05, 3.63) is 29.0 Å². The lowest BCUT2D eigenvalue weighted by atomic mass is 10.3. The van der Waals surface area contributed by atoms with Crippen molar-refractivity contribution in [2.45, 2.75) is 25.5 Å². The molecule has 1 heterocycles. The first kappa shape index (κ1) is 12.3. The van der Waals surface area contributed by atoms with Gasteiger partial charge in [-0.05, 0) is 32.9 Å². The molecule has 0 fully saturated rings. The van der Waals surface area contributed by atoms with E-state index >= 15 is 0 Å². The lowest BCUT2D eigenvalue weighted by molar-refractivity contribution is 0.651. The predicted molar refractivity (Wildman–Crippen MR) is 64.7 cm³/mol. The largest absolute Gasteiger partial charge is 0.254 e. The van der Waals surface area contributed by atoms with Gasteiger partial charge in [-0.15, -0.1) is 0 Å². The zero-order chi connectivity index (χ0) is 11.5. The smallest absolute Gasteiger partial charge is 0.144 e. The molecule has 0 aliphatic carbocycles. The molecule has 3 nitrogen and oxygen atoms in total. The first-order valence-electron chi connectivity index (χ1n) is 4.48. The molecule has 0 amide bonds. The van der Waals surface area contributed by atoms with Crippen molar-refractivity contribution in [3.63, 3.8) is 0 Å². The molecule has 1 unspecified atom stereocenters. The molecule has 0 radical (unpaired) electrons. The van der Waals surface area contributed by atoms with Gasteiger partial charge in [-0.2, -0.15) is 4.40 Å². The first-order chi connectivity index (χ1) is 6.91. The fourth-order valence-corrected chi connectivity index (χ4v) is 1.43. The molecule has 0 aromatic carbocycles. The summed E-state index contributed by atoms with van der Waals surface area (Å²) in [7, 11) is -1.28. The maximum atomic E-state index is 11.6. The average molecular weight is 245 g/mol. The summed E-state index contributed by atoms with van der Waals surface area (Å²) in [5.41, 5.74) is 0.539. The first-order valence-corrected chi connectivity index (χ1v) is 5.96. The van der Waals surface area contributed by atoms with Crippen molar-refractivity contribution in [3.8, 4) is 0 Å². The molecule has 0 aliphatic heterocycles. The summed E-state index contributed by atoms with van der Waals surface area (Å²) in [5, 5.41) is 0.507. The highest BCUT2D eigenvalue weighted by molar-refractivity contribution is 7.85. The summed E-state index contributed by atoms with van der Waals surface area (Å²) in [6.07, 6.45) is 3.07. The Hall–Kier alpha value is -0.740. The van der Waals surface area contributed by atoms with Gasteiger partial charge in [-0.1, -0.05) is 11.6 Å². The van der Waals surface area contributed by atoms with E-state index in [2.05, 4.69) is 9.38 Å². The molecule has 0 bridgehead atoms. The second-order valence-electron chi connectivity index (χ2n) is 3.97. The second kappa shape index (κ2) is 4.86. The van der Waals surface area contributed by atoms with Crippen molar-refractivity contribution in [2.75, 3.05) is 0 Å². The van der Waals surface area contributed by atoms with Gasteiger partial charge in [0.15, 0.2) is 0 Å². The molecule has 0 spiro atoms. The Balaban J connectivity index is 2.84. The zero-order valence-corrected chi connectivity index (χ0v) is 10.5. The van der Waals surface area contributed by atoms with E-state index in [0.717, 1.165) is 0 Å². The summed E-state index contributed by atoms with van der Waals surface area (Å²) >= 11 is 5.87. The molecule has 15 heavy (non-hydrogen) atoms. The number of hydrogen-bond acceptors (Lipinski definition) is 2. The van der Waals surface area contributed by atoms with Crippen molar-refractivity contribution < 1.29 is 4.21 Å². The second-order valence-corrected chi connectivity index (χ2v) is 6.31. The molecule has 1 rings (SSSR count). The van der Waals surface area contributed by atoms with Gasteiger partial charge in [0, 0.05) is 6.20 Å².